The summed E-state index contributed by atoms with van der Waals surface area (Å²) in [6.07, 6.45) is 3.32. The highest BCUT2D eigenvalue weighted by Crippen LogP contribution is 2.22. The fourth-order valence-electron chi connectivity index (χ4n) is 2.55. The van der Waals surface area contributed by atoms with Crippen molar-refractivity contribution in [2.45, 2.75) is 19.8 Å². The van der Waals surface area contributed by atoms with E-state index in [0.29, 0.717) is 13.0 Å². The van der Waals surface area contributed by atoms with E-state index in [1.807, 2.05) is 35.7 Å². The predicted octanol–water partition coefficient (Wildman–Crippen LogP) is 0.932. The van der Waals surface area contributed by atoms with E-state index < -0.39 is 0 Å². The molecule has 1 fully saturated rings. The zero-order valence-corrected chi connectivity index (χ0v) is 11.8. The van der Waals surface area contributed by atoms with Gasteiger partial charge in [0.25, 0.3) is 5.91 Å². The third-order valence-electron chi connectivity index (χ3n) is 3.94. The van der Waals surface area contributed by atoms with Crippen molar-refractivity contribution in [2.24, 2.45) is 13.0 Å². The third-order valence-corrected chi connectivity index (χ3v) is 3.94. The fourth-order valence-corrected chi connectivity index (χ4v) is 2.55. The summed E-state index contributed by atoms with van der Waals surface area (Å²) in [5, 5.41) is 2.63. The Morgan fingerprint density at radius 3 is 2.79 bits per heavy atom. The lowest BCUT2D eigenvalue weighted by molar-refractivity contribution is -0.121. The molecule has 1 aromatic rings. The van der Waals surface area contributed by atoms with E-state index >= 15 is 0 Å². The zero-order valence-electron chi connectivity index (χ0n) is 11.8. The monoisotopic (exact) mass is 263 g/mol. The van der Waals surface area contributed by atoms with Crippen LogP contribution in [-0.4, -0.2) is 41.4 Å². The Labute approximate surface area is 113 Å². The van der Waals surface area contributed by atoms with Gasteiger partial charge < -0.3 is 14.8 Å². The molecule has 5 nitrogen and oxygen atoms in total. The van der Waals surface area contributed by atoms with Crippen molar-refractivity contribution < 1.29 is 9.59 Å². The average Bonchev–Trinajstić information content (AvgIpc) is 2.98. The zero-order chi connectivity index (χ0) is 14.0. The molecule has 0 unspecified atom stereocenters. The van der Waals surface area contributed by atoms with E-state index in [4.69, 9.17) is 0 Å². The first-order valence-corrected chi connectivity index (χ1v) is 6.64. The maximum absolute atomic E-state index is 12.4. The van der Waals surface area contributed by atoms with Gasteiger partial charge in [0.1, 0.15) is 0 Å². The molecule has 0 saturated carbocycles. The van der Waals surface area contributed by atoms with Crippen molar-refractivity contribution in [3.63, 3.8) is 0 Å². The van der Waals surface area contributed by atoms with E-state index in [-0.39, 0.29) is 17.7 Å². The van der Waals surface area contributed by atoms with Crippen LogP contribution in [0.4, 0.5) is 0 Å². The molecule has 2 heterocycles. The molecule has 0 aliphatic carbocycles. The Hall–Kier alpha value is -1.78. The molecule has 1 aromatic heterocycles. The molecule has 2 rings (SSSR count). The predicted molar refractivity (Wildman–Crippen MR) is 72.8 cm³/mol. The van der Waals surface area contributed by atoms with Crippen LogP contribution in [0.5, 0.6) is 0 Å². The molecule has 1 atom stereocenters. The smallest absolute Gasteiger partial charge is 0.255 e. The number of rotatable bonds is 3. The second-order valence-corrected chi connectivity index (χ2v) is 5.21. The molecule has 19 heavy (non-hydrogen) atoms. The summed E-state index contributed by atoms with van der Waals surface area (Å²) >= 11 is 0. The lowest BCUT2D eigenvalue weighted by Gasteiger charge is -2.16. The number of aromatic nitrogens is 1. The van der Waals surface area contributed by atoms with Gasteiger partial charge >= 0.3 is 0 Å². The van der Waals surface area contributed by atoms with Gasteiger partial charge in [0.2, 0.25) is 5.91 Å². The van der Waals surface area contributed by atoms with Gasteiger partial charge in [-0.2, -0.15) is 0 Å². The Balaban J connectivity index is 1.99. The number of nitrogens with zero attached hydrogens (tertiary/aromatic N) is 2. The Kier molecular flexibility index (Phi) is 3.93. The minimum atomic E-state index is 0.0511. The van der Waals surface area contributed by atoms with E-state index in [1.54, 1.807) is 7.05 Å². The van der Waals surface area contributed by atoms with Crippen LogP contribution in [0, 0.1) is 12.8 Å². The summed E-state index contributed by atoms with van der Waals surface area (Å²) in [6.45, 7) is 3.38. The lowest BCUT2D eigenvalue weighted by Crippen LogP contribution is -2.30. The van der Waals surface area contributed by atoms with Crippen LogP contribution in [0.15, 0.2) is 12.3 Å². The SMILES string of the molecule is CNC(=O)C[C@@H]1CCN(C(=O)c2ccn(C)c2C)C1. The molecule has 2 amide bonds. The van der Waals surface area contributed by atoms with Crippen LogP contribution in [0.2, 0.25) is 0 Å². The van der Waals surface area contributed by atoms with Gasteiger partial charge in [-0.25, -0.2) is 0 Å². The van der Waals surface area contributed by atoms with Crippen LogP contribution in [0.25, 0.3) is 0 Å². The highest BCUT2D eigenvalue weighted by Gasteiger charge is 2.29. The molecule has 0 spiro atoms. The van der Waals surface area contributed by atoms with E-state index in [1.165, 1.54) is 0 Å². The van der Waals surface area contributed by atoms with Crippen molar-refractivity contribution >= 4 is 11.8 Å². The summed E-state index contributed by atoms with van der Waals surface area (Å²) in [5.74, 6) is 0.417. The molecule has 0 aromatic carbocycles. The Morgan fingerprint density at radius 2 is 2.21 bits per heavy atom. The molecule has 5 heteroatoms. The van der Waals surface area contributed by atoms with Gasteiger partial charge in [0.15, 0.2) is 0 Å². The van der Waals surface area contributed by atoms with Gasteiger partial charge in [-0.3, -0.25) is 9.59 Å². The van der Waals surface area contributed by atoms with Crippen molar-refractivity contribution in [1.29, 1.82) is 0 Å². The molecule has 1 aliphatic heterocycles. The van der Waals surface area contributed by atoms with Gasteiger partial charge in [0, 0.05) is 45.5 Å². The van der Waals surface area contributed by atoms with Crippen molar-refractivity contribution in [2.75, 3.05) is 20.1 Å². The first-order valence-electron chi connectivity index (χ1n) is 6.64. The molecule has 104 valence electrons. The number of likely N-dealkylation sites (tertiary alicyclic amines) is 1. The number of amides is 2. The van der Waals surface area contributed by atoms with Crippen molar-refractivity contribution in [1.82, 2.24) is 14.8 Å². The van der Waals surface area contributed by atoms with Crippen LogP contribution in [0.3, 0.4) is 0 Å². The largest absolute Gasteiger partial charge is 0.359 e. The van der Waals surface area contributed by atoms with Crippen molar-refractivity contribution in [3.8, 4) is 0 Å². The topological polar surface area (TPSA) is 54.3 Å². The van der Waals surface area contributed by atoms with Crippen LogP contribution in [0.1, 0.15) is 28.9 Å². The highest BCUT2D eigenvalue weighted by molar-refractivity contribution is 5.95. The molecule has 1 N–H and O–H groups in total. The molecule has 1 aliphatic rings. The Bertz CT molecular complexity index is 493. The van der Waals surface area contributed by atoms with E-state index in [2.05, 4.69) is 5.32 Å². The van der Waals surface area contributed by atoms with Gasteiger partial charge in [-0.15, -0.1) is 0 Å². The third kappa shape index (κ3) is 2.80. The number of hydrogen-bond donors (Lipinski definition) is 1. The first-order chi connectivity index (χ1) is 9.02. The summed E-state index contributed by atoms with van der Waals surface area (Å²) in [5.41, 5.74) is 1.75. The van der Waals surface area contributed by atoms with E-state index in [0.717, 1.165) is 24.2 Å². The first kappa shape index (κ1) is 13.6. The molecular weight excluding hydrogens is 242 g/mol. The molecule has 1 saturated heterocycles. The van der Waals surface area contributed by atoms with Crippen LogP contribution in [-0.2, 0) is 11.8 Å². The van der Waals surface area contributed by atoms with Gasteiger partial charge in [-0.05, 0) is 25.3 Å². The summed E-state index contributed by atoms with van der Waals surface area (Å²) < 4.78 is 1.95. The van der Waals surface area contributed by atoms with Crippen LogP contribution < -0.4 is 5.32 Å². The van der Waals surface area contributed by atoms with E-state index in [9.17, 15) is 9.59 Å². The minimum absolute atomic E-state index is 0.0511. The number of aryl methyl sites for hydroxylation is 1. The maximum Gasteiger partial charge on any atom is 0.255 e. The second kappa shape index (κ2) is 5.47. The summed E-state index contributed by atoms with van der Waals surface area (Å²) in [4.78, 5) is 25.6. The van der Waals surface area contributed by atoms with Crippen molar-refractivity contribution in [3.05, 3.63) is 23.5 Å². The number of carbonyl (C=O) groups excluding carboxylic acids is 2. The standard InChI is InChI=1S/C14H21N3O2/c1-10-12(5-6-16(10)3)14(19)17-7-4-11(9-17)8-13(18)15-2/h5-6,11H,4,7-9H2,1-3H3,(H,15,18)/t11-/m0/s1. The second-order valence-electron chi connectivity index (χ2n) is 5.21. The maximum atomic E-state index is 12.4. The number of carbonyl (C=O) groups is 2. The lowest BCUT2D eigenvalue weighted by atomic mass is 10.0. The summed E-state index contributed by atoms with van der Waals surface area (Å²) in [7, 11) is 3.58. The molecule has 0 bridgehead atoms. The summed E-state index contributed by atoms with van der Waals surface area (Å²) in [6, 6.07) is 1.86. The molecule has 0 radical (unpaired) electrons. The van der Waals surface area contributed by atoms with Gasteiger partial charge in [0.05, 0.1) is 5.56 Å². The quantitative estimate of drug-likeness (QED) is 0.882. The normalized spacial score (nSPS) is 18.7. The van der Waals surface area contributed by atoms with Gasteiger partial charge in [-0.1, -0.05) is 0 Å². The number of hydrogen-bond acceptors (Lipinski definition) is 2. The Morgan fingerprint density at radius 1 is 1.47 bits per heavy atom. The van der Waals surface area contributed by atoms with Crippen LogP contribution >= 0.6 is 0 Å². The fraction of sp³-hybridized carbons (Fsp3) is 0.571. The highest BCUT2D eigenvalue weighted by atomic mass is 16.2. The average molecular weight is 263 g/mol. The molecular formula is C14H21N3O2. The number of nitrogens with one attached hydrogen (secondary N) is 1. The minimum Gasteiger partial charge on any atom is -0.359 e.